The van der Waals surface area contributed by atoms with Crippen LogP contribution in [0.5, 0.6) is 0 Å². The first kappa shape index (κ1) is 10.4. The highest BCUT2D eigenvalue weighted by molar-refractivity contribution is 5.11. The first-order chi connectivity index (χ1) is 6.36. The van der Waals surface area contributed by atoms with Crippen LogP contribution in [0.2, 0.25) is 0 Å². The third-order valence-electron chi connectivity index (χ3n) is 4.66. The lowest BCUT2D eigenvalue weighted by atomic mass is 9.69. The maximum Gasteiger partial charge on any atom is 0.0322 e. The summed E-state index contributed by atoms with van der Waals surface area (Å²) >= 11 is 0. The standard InChI is InChI=1S/C12H24N2/c1-11(2)9-6-7-12(3,8-9)10(11)13-14(4)5/h9-10,13H,6-8H2,1-5H3/t9-,10?,12+/m0/s1. The van der Waals surface area contributed by atoms with Crippen molar-refractivity contribution in [3.05, 3.63) is 0 Å². The quantitative estimate of drug-likeness (QED) is 0.682. The molecule has 82 valence electrons. The molecule has 2 saturated carbocycles. The Hall–Kier alpha value is -0.0800. The van der Waals surface area contributed by atoms with Crippen LogP contribution in [0.3, 0.4) is 0 Å². The van der Waals surface area contributed by atoms with Crippen LogP contribution in [0, 0.1) is 16.7 Å². The Morgan fingerprint density at radius 3 is 2.29 bits per heavy atom. The number of nitrogens with one attached hydrogen (secondary N) is 1. The van der Waals surface area contributed by atoms with E-state index in [0.29, 0.717) is 16.9 Å². The van der Waals surface area contributed by atoms with Gasteiger partial charge in [0.1, 0.15) is 0 Å². The van der Waals surface area contributed by atoms with Crippen molar-refractivity contribution >= 4 is 0 Å². The van der Waals surface area contributed by atoms with E-state index in [2.05, 4.69) is 45.3 Å². The molecule has 14 heavy (non-hydrogen) atoms. The zero-order valence-electron chi connectivity index (χ0n) is 10.2. The van der Waals surface area contributed by atoms with Gasteiger partial charge in [-0.2, -0.15) is 0 Å². The van der Waals surface area contributed by atoms with Crippen LogP contribution in [-0.2, 0) is 0 Å². The molecule has 0 aromatic heterocycles. The molecule has 0 amide bonds. The van der Waals surface area contributed by atoms with Crippen molar-refractivity contribution in [2.75, 3.05) is 14.1 Å². The van der Waals surface area contributed by atoms with Gasteiger partial charge >= 0.3 is 0 Å². The average Bonchev–Trinajstić information content (AvgIpc) is 2.49. The largest absolute Gasteiger partial charge is 0.252 e. The topological polar surface area (TPSA) is 15.3 Å². The van der Waals surface area contributed by atoms with E-state index in [1.54, 1.807) is 0 Å². The second-order valence-corrected chi connectivity index (χ2v) is 6.37. The second-order valence-electron chi connectivity index (χ2n) is 6.37. The highest BCUT2D eigenvalue weighted by atomic mass is 15.5. The summed E-state index contributed by atoms with van der Waals surface area (Å²) in [4.78, 5) is 0. The lowest BCUT2D eigenvalue weighted by Gasteiger charge is -2.44. The Kier molecular flexibility index (Phi) is 2.20. The first-order valence-corrected chi connectivity index (χ1v) is 5.80. The highest BCUT2D eigenvalue weighted by Gasteiger charge is 2.59. The maximum absolute atomic E-state index is 3.64. The van der Waals surface area contributed by atoms with Crippen LogP contribution in [-0.4, -0.2) is 25.1 Å². The molecule has 0 heterocycles. The average molecular weight is 196 g/mol. The lowest BCUT2D eigenvalue weighted by molar-refractivity contribution is 0.0544. The van der Waals surface area contributed by atoms with Gasteiger partial charge < -0.3 is 0 Å². The summed E-state index contributed by atoms with van der Waals surface area (Å²) < 4.78 is 0. The molecule has 2 aliphatic carbocycles. The van der Waals surface area contributed by atoms with Crippen LogP contribution < -0.4 is 5.43 Å². The van der Waals surface area contributed by atoms with E-state index in [1.165, 1.54) is 19.3 Å². The number of nitrogens with zero attached hydrogens (tertiary/aromatic N) is 1. The number of hydrogen-bond donors (Lipinski definition) is 1. The fraction of sp³-hybridized carbons (Fsp3) is 1.00. The van der Waals surface area contributed by atoms with Crippen molar-refractivity contribution in [1.29, 1.82) is 0 Å². The molecular weight excluding hydrogens is 172 g/mol. The van der Waals surface area contributed by atoms with E-state index in [9.17, 15) is 0 Å². The molecule has 0 aromatic carbocycles. The summed E-state index contributed by atoms with van der Waals surface area (Å²) in [6.45, 7) is 7.33. The predicted molar refractivity (Wildman–Crippen MR) is 59.8 cm³/mol. The van der Waals surface area contributed by atoms with Gasteiger partial charge in [0.2, 0.25) is 0 Å². The van der Waals surface area contributed by atoms with Crippen molar-refractivity contribution in [1.82, 2.24) is 10.4 Å². The van der Waals surface area contributed by atoms with Crippen LogP contribution in [0.25, 0.3) is 0 Å². The zero-order valence-corrected chi connectivity index (χ0v) is 10.2. The first-order valence-electron chi connectivity index (χ1n) is 5.80. The summed E-state index contributed by atoms with van der Waals surface area (Å²) in [6, 6.07) is 0.656. The Balaban J connectivity index is 2.21. The van der Waals surface area contributed by atoms with E-state index in [1.807, 2.05) is 0 Å². The van der Waals surface area contributed by atoms with E-state index >= 15 is 0 Å². The smallest absolute Gasteiger partial charge is 0.0322 e. The van der Waals surface area contributed by atoms with Gasteiger partial charge in [0.05, 0.1) is 0 Å². The molecule has 0 spiro atoms. The second kappa shape index (κ2) is 2.96. The fourth-order valence-corrected chi connectivity index (χ4v) is 3.88. The minimum Gasteiger partial charge on any atom is -0.252 e. The number of rotatable bonds is 2. The third-order valence-corrected chi connectivity index (χ3v) is 4.66. The van der Waals surface area contributed by atoms with E-state index in [-0.39, 0.29) is 0 Å². The molecule has 0 radical (unpaired) electrons. The molecule has 1 unspecified atom stereocenters. The number of hydrogen-bond acceptors (Lipinski definition) is 2. The van der Waals surface area contributed by atoms with Gasteiger partial charge in [0.25, 0.3) is 0 Å². The summed E-state index contributed by atoms with van der Waals surface area (Å²) in [5.41, 5.74) is 4.65. The Bertz CT molecular complexity index is 230. The van der Waals surface area contributed by atoms with Gasteiger partial charge in [-0.3, -0.25) is 10.4 Å². The predicted octanol–water partition coefficient (Wildman–Crippen LogP) is 2.27. The minimum atomic E-state index is 0.470. The molecule has 0 aromatic rings. The van der Waals surface area contributed by atoms with Crippen molar-refractivity contribution in [3.63, 3.8) is 0 Å². The normalized spacial score (nSPS) is 45.0. The van der Waals surface area contributed by atoms with Crippen molar-refractivity contribution in [2.45, 2.75) is 46.1 Å². The molecule has 2 bridgehead atoms. The molecule has 2 fully saturated rings. The van der Waals surface area contributed by atoms with Gasteiger partial charge in [-0.15, -0.1) is 0 Å². The minimum absolute atomic E-state index is 0.470. The Morgan fingerprint density at radius 2 is 1.86 bits per heavy atom. The van der Waals surface area contributed by atoms with Crippen LogP contribution >= 0.6 is 0 Å². The van der Waals surface area contributed by atoms with Crippen molar-refractivity contribution in [3.8, 4) is 0 Å². The maximum atomic E-state index is 3.64. The van der Waals surface area contributed by atoms with E-state index in [4.69, 9.17) is 0 Å². The molecule has 2 heteroatoms. The molecule has 1 N–H and O–H groups in total. The molecule has 0 saturated heterocycles. The Morgan fingerprint density at radius 1 is 1.21 bits per heavy atom. The summed E-state index contributed by atoms with van der Waals surface area (Å²) in [7, 11) is 4.21. The summed E-state index contributed by atoms with van der Waals surface area (Å²) in [5.74, 6) is 0.935. The molecule has 2 nitrogen and oxygen atoms in total. The van der Waals surface area contributed by atoms with Crippen LogP contribution in [0.4, 0.5) is 0 Å². The molecule has 2 aliphatic rings. The third kappa shape index (κ3) is 1.31. The molecule has 2 rings (SSSR count). The molecule has 3 atom stereocenters. The SMILES string of the molecule is CN(C)NC1C(C)(C)[C@H]2CC[C@]1(C)C2. The van der Waals surface area contributed by atoms with E-state index < -0.39 is 0 Å². The molecular formula is C12H24N2. The van der Waals surface area contributed by atoms with E-state index in [0.717, 1.165) is 5.92 Å². The lowest BCUT2D eigenvalue weighted by Crippen LogP contribution is -2.54. The molecule has 0 aliphatic heterocycles. The van der Waals surface area contributed by atoms with Gasteiger partial charge in [0.15, 0.2) is 0 Å². The summed E-state index contributed by atoms with van der Waals surface area (Å²) in [6.07, 6.45) is 4.27. The fourth-order valence-electron chi connectivity index (χ4n) is 3.88. The van der Waals surface area contributed by atoms with Crippen molar-refractivity contribution in [2.24, 2.45) is 16.7 Å². The van der Waals surface area contributed by atoms with Crippen molar-refractivity contribution < 1.29 is 0 Å². The zero-order chi connectivity index (χ0) is 10.6. The number of hydrazine groups is 1. The van der Waals surface area contributed by atoms with Gasteiger partial charge in [-0.25, -0.2) is 0 Å². The monoisotopic (exact) mass is 196 g/mol. The van der Waals surface area contributed by atoms with Gasteiger partial charge in [-0.05, 0) is 36.0 Å². The van der Waals surface area contributed by atoms with Crippen LogP contribution in [0.15, 0.2) is 0 Å². The Labute approximate surface area is 88.0 Å². The van der Waals surface area contributed by atoms with Crippen LogP contribution in [0.1, 0.15) is 40.0 Å². The van der Waals surface area contributed by atoms with Gasteiger partial charge in [0, 0.05) is 20.1 Å². The van der Waals surface area contributed by atoms with Gasteiger partial charge in [-0.1, -0.05) is 20.8 Å². The summed E-state index contributed by atoms with van der Waals surface area (Å²) in [5, 5.41) is 2.12. The highest BCUT2D eigenvalue weighted by Crippen LogP contribution is 2.62. The number of fused-ring (bicyclic) bond motifs is 2.